The summed E-state index contributed by atoms with van der Waals surface area (Å²) in [6.07, 6.45) is 0. The molecule has 6 rings (SSSR count). The average molecular weight is 360 g/mol. The Balaban J connectivity index is 0.000000122. The maximum absolute atomic E-state index is 4.16. The largest absolute Gasteiger partial charge is 0.150 e. The molecule has 132 valence electrons. The Morgan fingerprint density at radius 2 is 0.500 bits per heavy atom. The second-order valence-electron chi connectivity index (χ2n) is 6.47. The van der Waals surface area contributed by atoms with E-state index in [0.717, 1.165) is 43.6 Å². The molecule has 0 amide bonds. The van der Waals surface area contributed by atoms with Gasteiger partial charge in [-0.05, 0) is 24.3 Å². The van der Waals surface area contributed by atoms with Crippen LogP contribution < -0.4 is 0 Å². The molecule has 4 nitrogen and oxygen atoms in total. The first-order chi connectivity index (χ1) is 13.9. The van der Waals surface area contributed by atoms with Crippen molar-refractivity contribution in [3.8, 4) is 0 Å². The summed E-state index contributed by atoms with van der Waals surface area (Å²) in [5, 5.41) is 21.3. The minimum absolute atomic E-state index is 0.950. The van der Waals surface area contributed by atoms with E-state index < -0.39 is 0 Å². The van der Waals surface area contributed by atoms with Crippen LogP contribution >= 0.6 is 0 Å². The van der Waals surface area contributed by atoms with Gasteiger partial charge >= 0.3 is 0 Å². The molecule has 0 fully saturated rings. The minimum Gasteiger partial charge on any atom is -0.150 e. The highest BCUT2D eigenvalue weighted by Gasteiger charge is 2.01. The topological polar surface area (TPSA) is 51.6 Å². The van der Waals surface area contributed by atoms with Gasteiger partial charge in [0, 0.05) is 21.5 Å². The van der Waals surface area contributed by atoms with E-state index >= 15 is 0 Å². The van der Waals surface area contributed by atoms with Crippen LogP contribution in [0.2, 0.25) is 0 Å². The highest BCUT2D eigenvalue weighted by Crippen LogP contribution is 2.21. The number of nitrogens with zero attached hydrogens (tertiary/aromatic N) is 4. The Morgan fingerprint density at radius 3 is 0.750 bits per heavy atom. The molecule has 0 aliphatic carbocycles. The summed E-state index contributed by atoms with van der Waals surface area (Å²) in [7, 11) is 0. The molecule has 6 aromatic rings. The maximum Gasteiger partial charge on any atom is 0.0936 e. The molecular formula is C24H16N4. The predicted octanol–water partition coefficient (Wildman–Crippen LogP) is 5.57. The van der Waals surface area contributed by atoms with Gasteiger partial charge < -0.3 is 0 Å². The van der Waals surface area contributed by atoms with Gasteiger partial charge in [-0.1, -0.05) is 72.8 Å². The van der Waals surface area contributed by atoms with Gasteiger partial charge in [0.05, 0.1) is 22.1 Å². The van der Waals surface area contributed by atoms with Crippen molar-refractivity contribution in [2.24, 2.45) is 0 Å². The fourth-order valence-corrected chi connectivity index (χ4v) is 3.37. The number of fused-ring (bicyclic) bond motifs is 6. The SMILES string of the molecule is c1ccc2c(c1)nnc1ccccc12.c1ccc2c(c1)nnc1ccccc12. The number of aromatic nitrogens is 4. The molecular weight excluding hydrogens is 344 g/mol. The van der Waals surface area contributed by atoms with Gasteiger partial charge in [0.2, 0.25) is 0 Å². The zero-order chi connectivity index (χ0) is 18.8. The molecule has 0 unspecified atom stereocenters. The van der Waals surface area contributed by atoms with Gasteiger partial charge in [0.1, 0.15) is 0 Å². The van der Waals surface area contributed by atoms with E-state index in [2.05, 4.69) is 44.7 Å². The highest BCUT2D eigenvalue weighted by molar-refractivity contribution is 6.04. The molecule has 0 spiro atoms. The Morgan fingerprint density at radius 1 is 0.286 bits per heavy atom. The molecule has 0 saturated heterocycles. The van der Waals surface area contributed by atoms with Crippen LogP contribution in [0.5, 0.6) is 0 Å². The van der Waals surface area contributed by atoms with Crippen LogP contribution in [0.3, 0.4) is 0 Å². The lowest BCUT2D eigenvalue weighted by atomic mass is 10.1. The first kappa shape index (κ1) is 16.3. The third-order valence-electron chi connectivity index (χ3n) is 4.73. The van der Waals surface area contributed by atoms with Gasteiger partial charge in [0.25, 0.3) is 0 Å². The van der Waals surface area contributed by atoms with E-state index in [4.69, 9.17) is 0 Å². The highest BCUT2D eigenvalue weighted by atomic mass is 15.1. The minimum atomic E-state index is 0.950. The van der Waals surface area contributed by atoms with E-state index in [0.29, 0.717) is 0 Å². The Hall–Kier alpha value is -3.92. The summed E-state index contributed by atoms with van der Waals surface area (Å²) >= 11 is 0. The fraction of sp³-hybridized carbons (Fsp3) is 0. The summed E-state index contributed by atoms with van der Waals surface area (Å²) in [5.74, 6) is 0. The summed E-state index contributed by atoms with van der Waals surface area (Å²) < 4.78 is 0. The van der Waals surface area contributed by atoms with Gasteiger partial charge in [-0.25, -0.2) is 0 Å². The van der Waals surface area contributed by atoms with E-state index in [-0.39, 0.29) is 0 Å². The number of rotatable bonds is 0. The normalized spacial score (nSPS) is 10.9. The Bertz CT molecular complexity index is 1210. The molecule has 4 aromatic carbocycles. The van der Waals surface area contributed by atoms with Crippen molar-refractivity contribution in [3.05, 3.63) is 97.1 Å². The Kier molecular flexibility index (Phi) is 4.07. The van der Waals surface area contributed by atoms with Crippen LogP contribution in [0.1, 0.15) is 0 Å². The summed E-state index contributed by atoms with van der Waals surface area (Å²) in [6, 6.07) is 32.2. The molecule has 4 heteroatoms. The van der Waals surface area contributed by atoms with Crippen molar-refractivity contribution in [3.63, 3.8) is 0 Å². The second kappa shape index (κ2) is 7.00. The smallest absolute Gasteiger partial charge is 0.0936 e. The first-order valence-electron chi connectivity index (χ1n) is 9.10. The fourth-order valence-electron chi connectivity index (χ4n) is 3.37. The predicted molar refractivity (Wildman–Crippen MR) is 114 cm³/mol. The monoisotopic (exact) mass is 360 g/mol. The molecule has 0 bridgehead atoms. The molecule has 0 atom stereocenters. The molecule has 0 saturated carbocycles. The maximum atomic E-state index is 4.16. The summed E-state index contributed by atoms with van der Waals surface area (Å²) in [6.45, 7) is 0. The zero-order valence-corrected chi connectivity index (χ0v) is 15.0. The molecule has 0 aliphatic rings. The summed E-state index contributed by atoms with van der Waals surface area (Å²) in [5.41, 5.74) is 3.80. The van der Waals surface area contributed by atoms with E-state index in [1.54, 1.807) is 0 Å². The molecule has 2 aromatic heterocycles. The van der Waals surface area contributed by atoms with E-state index in [1.807, 2.05) is 72.8 Å². The lowest BCUT2D eigenvalue weighted by Crippen LogP contribution is -1.85. The molecule has 2 heterocycles. The van der Waals surface area contributed by atoms with Gasteiger partial charge in [0.15, 0.2) is 0 Å². The van der Waals surface area contributed by atoms with Crippen molar-refractivity contribution < 1.29 is 0 Å². The van der Waals surface area contributed by atoms with Crippen LogP contribution in [0.25, 0.3) is 43.6 Å². The molecule has 28 heavy (non-hydrogen) atoms. The van der Waals surface area contributed by atoms with Crippen LogP contribution in [0, 0.1) is 0 Å². The van der Waals surface area contributed by atoms with Crippen LogP contribution in [-0.2, 0) is 0 Å². The Labute approximate surface area is 161 Å². The lowest BCUT2D eigenvalue weighted by Gasteiger charge is -1.99. The van der Waals surface area contributed by atoms with Crippen molar-refractivity contribution in [2.75, 3.05) is 0 Å². The van der Waals surface area contributed by atoms with Crippen LogP contribution in [-0.4, -0.2) is 20.4 Å². The number of benzene rings is 4. The third-order valence-corrected chi connectivity index (χ3v) is 4.73. The van der Waals surface area contributed by atoms with Crippen molar-refractivity contribution >= 4 is 43.6 Å². The van der Waals surface area contributed by atoms with E-state index in [1.165, 1.54) is 0 Å². The first-order valence-corrected chi connectivity index (χ1v) is 9.10. The second-order valence-corrected chi connectivity index (χ2v) is 6.47. The number of hydrogen-bond donors (Lipinski definition) is 0. The molecule has 0 aliphatic heterocycles. The van der Waals surface area contributed by atoms with Gasteiger partial charge in [-0.3, -0.25) is 0 Å². The molecule has 0 N–H and O–H groups in total. The standard InChI is InChI=1S/2C12H8N2/c2*1-3-7-11-9(5-1)10-6-2-4-8-12(10)14-13-11/h2*1-8H. The van der Waals surface area contributed by atoms with E-state index in [9.17, 15) is 0 Å². The average Bonchev–Trinajstić information content (AvgIpc) is 2.79. The van der Waals surface area contributed by atoms with Crippen LogP contribution in [0.15, 0.2) is 97.1 Å². The quantitative estimate of drug-likeness (QED) is 0.333. The molecule has 0 radical (unpaired) electrons. The lowest BCUT2D eigenvalue weighted by molar-refractivity contribution is 1.12. The van der Waals surface area contributed by atoms with Crippen molar-refractivity contribution in [2.45, 2.75) is 0 Å². The van der Waals surface area contributed by atoms with Gasteiger partial charge in [-0.15, -0.1) is 20.4 Å². The zero-order valence-electron chi connectivity index (χ0n) is 15.0. The van der Waals surface area contributed by atoms with Crippen molar-refractivity contribution in [1.82, 2.24) is 20.4 Å². The van der Waals surface area contributed by atoms with Crippen molar-refractivity contribution in [1.29, 1.82) is 0 Å². The van der Waals surface area contributed by atoms with Gasteiger partial charge in [-0.2, -0.15) is 0 Å². The number of hydrogen-bond acceptors (Lipinski definition) is 4. The van der Waals surface area contributed by atoms with Crippen LogP contribution in [0.4, 0.5) is 0 Å². The third kappa shape index (κ3) is 2.91. The summed E-state index contributed by atoms with van der Waals surface area (Å²) in [4.78, 5) is 0.